The summed E-state index contributed by atoms with van der Waals surface area (Å²) in [6.45, 7) is 8.61. The van der Waals surface area contributed by atoms with Crippen molar-refractivity contribution >= 4 is 41.8 Å². The molecule has 0 saturated heterocycles. The Hall–Kier alpha value is -3.87. The molecule has 18 heteroatoms. The van der Waals surface area contributed by atoms with Gasteiger partial charge in [-0.15, -0.1) is 0 Å². The molecule has 0 aliphatic heterocycles. The zero-order valence-electron chi connectivity index (χ0n) is 25.4. The van der Waals surface area contributed by atoms with Crippen molar-refractivity contribution in [3.8, 4) is 0 Å². The van der Waals surface area contributed by atoms with Crippen LogP contribution in [-0.4, -0.2) is 129 Å². The molecule has 18 nitrogen and oxygen atoms in total. The van der Waals surface area contributed by atoms with Crippen molar-refractivity contribution in [1.82, 2.24) is 19.6 Å². The summed E-state index contributed by atoms with van der Waals surface area (Å²) in [6.07, 6.45) is 0. The van der Waals surface area contributed by atoms with Gasteiger partial charge in [0.25, 0.3) is 0 Å². The number of nitrogens with zero attached hydrogens (tertiary/aromatic N) is 4. The fraction of sp³-hybridized carbons (Fsp3) is 0.708. The molecule has 0 saturated carbocycles. The van der Waals surface area contributed by atoms with Crippen LogP contribution in [0.4, 0.5) is 0 Å². The van der Waals surface area contributed by atoms with Crippen LogP contribution in [0.2, 0.25) is 0 Å². The van der Waals surface area contributed by atoms with Crippen molar-refractivity contribution < 1.29 is 66.7 Å². The van der Waals surface area contributed by atoms with Gasteiger partial charge in [0.05, 0.1) is 13.3 Å². The number of hydrogen-bond acceptors (Lipinski definition) is 18. The lowest BCUT2D eigenvalue weighted by Gasteiger charge is -2.28. The van der Waals surface area contributed by atoms with Crippen LogP contribution in [0.15, 0.2) is 0 Å². The van der Waals surface area contributed by atoms with E-state index in [1.165, 1.54) is 58.3 Å². The van der Waals surface area contributed by atoms with E-state index in [1.54, 1.807) is 16.8 Å². The second kappa shape index (κ2) is 23.8. The van der Waals surface area contributed by atoms with E-state index >= 15 is 0 Å². The van der Waals surface area contributed by atoms with Gasteiger partial charge in [0, 0.05) is 48.5 Å². The monoisotopic (exact) mass is 610 g/mol. The van der Waals surface area contributed by atoms with Gasteiger partial charge in [0.2, 0.25) is 0 Å². The van der Waals surface area contributed by atoms with E-state index < -0.39 is 41.8 Å². The molecule has 0 aliphatic carbocycles. The zero-order valence-corrected chi connectivity index (χ0v) is 25.4. The fourth-order valence-electron chi connectivity index (χ4n) is 2.32. The first-order valence-electron chi connectivity index (χ1n) is 12.3. The predicted molar refractivity (Wildman–Crippen MR) is 139 cm³/mol. The summed E-state index contributed by atoms with van der Waals surface area (Å²) in [6, 6.07) is 0. The molecule has 0 rings (SSSR count). The fourth-order valence-corrected chi connectivity index (χ4v) is 2.32. The average molecular weight is 611 g/mol. The lowest BCUT2D eigenvalue weighted by molar-refractivity contribution is -0.166. The lowest BCUT2D eigenvalue weighted by atomic mass is 10.7. The third kappa shape index (κ3) is 29.1. The van der Waals surface area contributed by atoms with Crippen LogP contribution in [0.3, 0.4) is 0 Å². The molecular formula is C24H42N4O14. The standard InChI is InChI=1S/C13H22N2O8.C11H20N2O6/c1-10(16)20-6-14(7-21-11(2)17)5-15(8-22-12(3)18)9-23-13(4)19;1-9(14)17-6-12(4)5-13(7-18-10(2)15)8-19-11(3)16/h5-9H2,1-4H3;5-8H2,1-4H3. The maximum Gasteiger partial charge on any atom is 0.303 e. The number of carbonyl (C=O) groups is 7. The second-order valence-electron chi connectivity index (χ2n) is 8.51. The number of rotatable bonds is 18. The molecule has 0 atom stereocenters. The minimum Gasteiger partial charge on any atom is -0.450 e. The third-order valence-corrected chi connectivity index (χ3v) is 4.03. The largest absolute Gasteiger partial charge is 0.450 e. The van der Waals surface area contributed by atoms with Gasteiger partial charge in [-0.1, -0.05) is 0 Å². The Bertz CT molecular complexity index is 793. The molecule has 0 aliphatic rings. The van der Waals surface area contributed by atoms with Gasteiger partial charge in [-0.05, 0) is 7.05 Å². The van der Waals surface area contributed by atoms with Gasteiger partial charge in [-0.3, -0.25) is 38.5 Å². The molecule has 0 bridgehead atoms. The summed E-state index contributed by atoms with van der Waals surface area (Å²) in [7, 11) is 1.71. The van der Waals surface area contributed by atoms with Crippen LogP contribution >= 0.6 is 0 Å². The van der Waals surface area contributed by atoms with E-state index in [2.05, 4.69) is 0 Å². The second-order valence-corrected chi connectivity index (χ2v) is 8.51. The average Bonchev–Trinajstić information content (AvgIpc) is 2.87. The third-order valence-electron chi connectivity index (χ3n) is 4.03. The van der Waals surface area contributed by atoms with Gasteiger partial charge in [0.1, 0.15) is 47.1 Å². The number of hydrogen-bond donors (Lipinski definition) is 0. The molecule has 0 radical (unpaired) electrons. The van der Waals surface area contributed by atoms with Crippen molar-refractivity contribution in [3.63, 3.8) is 0 Å². The Balaban J connectivity index is 0. The quantitative estimate of drug-likeness (QED) is 0.108. The van der Waals surface area contributed by atoms with E-state index in [-0.39, 0.29) is 53.8 Å². The highest BCUT2D eigenvalue weighted by Crippen LogP contribution is 2.00. The van der Waals surface area contributed by atoms with Crippen LogP contribution in [0.1, 0.15) is 48.5 Å². The SMILES string of the molecule is CC(=O)OCN(C)CN(COC(C)=O)COC(C)=O.CC(=O)OCN(COC(C)=O)CN(COC(C)=O)COC(C)=O. The Labute approximate surface area is 244 Å². The molecule has 0 aromatic carbocycles. The molecule has 0 spiro atoms. The molecule has 0 aromatic rings. The summed E-state index contributed by atoms with van der Waals surface area (Å²) in [5, 5.41) is 0. The van der Waals surface area contributed by atoms with Crippen LogP contribution < -0.4 is 0 Å². The molecule has 42 heavy (non-hydrogen) atoms. The molecule has 242 valence electrons. The van der Waals surface area contributed by atoms with E-state index in [1.807, 2.05) is 0 Å². The first-order valence-corrected chi connectivity index (χ1v) is 12.3. The Morgan fingerprint density at radius 1 is 0.357 bits per heavy atom. The lowest BCUT2D eigenvalue weighted by Crippen LogP contribution is -2.43. The van der Waals surface area contributed by atoms with E-state index in [9.17, 15) is 33.6 Å². The highest BCUT2D eigenvalue weighted by atomic mass is 16.6. The highest BCUT2D eigenvalue weighted by molar-refractivity contribution is 5.67. The van der Waals surface area contributed by atoms with E-state index in [0.29, 0.717) is 6.67 Å². The molecular weight excluding hydrogens is 568 g/mol. The topological polar surface area (TPSA) is 197 Å². The molecule has 0 amide bonds. The maximum atomic E-state index is 10.9. The Morgan fingerprint density at radius 2 is 0.548 bits per heavy atom. The first kappa shape index (κ1) is 40.3. The number of ether oxygens (including phenoxy) is 7. The molecule has 0 aromatic heterocycles. The number of esters is 7. The molecule has 0 unspecified atom stereocenters. The Morgan fingerprint density at radius 3 is 0.762 bits per heavy atom. The van der Waals surface area contributed by atoms with Crippen molar-refractivity contribution in [1.29, 1.82) is 0 Å². The summed E-state index contributed by atoms with van der Waals surface area (Å²) >= 11 is 0. The van der Waals surface area contributed by atoms with Gasteiger partial charge >= 0.3 is 41.8 Å². The minimum atomic E-state index is -0.510. The molecule has 0 N–H and O–H groups in total. The molecule has 0 heterocycles. The van der Waals surface area contributed by atoms with Crippen LogP contribution in [0.5, 0.6) is 0 Å². The Kier molecular flexibility index (Phi) is 22.8. The highest BCUT2D eigenvalue weighted by Gasteiger charge is 2.16. The van der Waals surface area contributed by atoms with Gasteiger partial charge in [-0.2, -0.15) is 0 Å². The van der Waals surface area contributed by atoms with Crippen molar-refractivity contribution in [2.24, 2.45) is 0 Å². The summed E-state index contributed by atoms with van der Waals surface area (Å²) in [5.41, 5.74) is 0. The summed E-state index contributed by atoms with van der Waals surface area (Å²) in [4.78, 5) is 81.8. The zero-order chi connectivity index (χ0) is 32.7. The van der Waals surface area contributed by atoms with Gasteiger partial charge in [-0.25, -0.2) is 14.7 Å². The maximum absolute atomic E-state index is 10.9. The summed E-state index contributed by atoms with van der Waals surface area (Å²) < 4.78 is 33.8. The van der Waals surface area contributed by atoms with Crippen molar-refractivity contribution in [3.05, 3.63) is 0 Å². The van der Waals surface area contributed by atoms with E-state index in [0.717, 1.165) is 0 Å². The number of carbonyl (C=O) groups excluding carboxylic acids is 7. The van der Waals surface area contributed by atoms with Crippen LogP contribution in [-0.2, 0) is 66.7 Å². The first-order chi connectivity index (χ1) is 19.5. The van der Waals surface area contributed by atoms with Gasteiger partial charge < -0.3 is 33.2 Å². The van der Waals surface area contributed by atoms with Crippen LogP contribution in [0.25, 0.3) is 0 Å². The molecule has 0 fully saturated rings. The van der Waals surface area contributed by atoms with Crippen LogP contribution in [0, 0.1) is 0 Å². The minimum absolute atomic E-state index is 0.0208. The normalized spacial score (nSPS) is 10.4. The smallest absolute Gasteiger partial charge is 0.303 e. The van der Waals surface area contributed by atoms with E-state index in [4.69, 9.17) is 33.2 Å². The summed E-state index contributed by atoms with van der Waals surface area (Å²) in [5.74, 6) is -3.30. The predicted octanol–water partition coefficient (Wildman–Crippen LogP) is -0.630. The van der Waals surface area contributed by atoms with Crippen molar-refractivity contribution in [2.75, 3.05) is 67.5 Å². The van der Waals surface area contributed by atoms with Gasteiger partial charge in [0.15, 0.2) is 0 Å². The van der Waals surface area contributed by atoms with Crippen molar-refractivity contribution in [2.45, 2.75) is 48.5 Å².